The van der Waals surface area contributed by atoms with Gasteiger partial charge in [-0.3, -0.25) is 0 Å². The van der Waals surface area contributed by atoms with Gasteiger partial charge >= 0.3 is 0 Å². The second-order valence-corrected chi connectivity index (χ2v) is 12.2. The first-order valence-corrected chi connectivity index (χ1v) is 14.0. The first-order chi connectivity index (χ1) is 17.5. The van der Waals surface area contributed by atoms with Crippen molar-refractivity contribution in [3.63, 3.8) is 0 Å². The Morgan fingerprint density at radius 3 is 2.64 bits per heavy atom. The van der Waals surface area contributed by atoms with Gasteiger partial charge in [0.15, 0.2) is 5.82 Å². The molecule has 3 aliphatic heterocycles. The number of rotatable bonds is 6. The third-order valence-corrected chi connectivity index (χ3v) is 9.91. The number of pyridine rings is 1. The third-order valence-electron chi connectivity index (χ3n) is 8.46. The van der Waals surface area contributed by atoms with E-state index in [2.05, 4.69) is 27.8 Å². The van der Waals surface area contributed by atoms with Gasteiger partial charge in [-0.05, 0) is 56.9 Å². The van der Waals surface area contributed by atoms with E-state index >= 15 is 0 Å². The normalized spacial score (nSPS) is 26.1. The van der Waals surface area contributed by atoms with Crippen LogP contribution < -0.4 is 9.80 Å². The molecule has 0 radical (unpaired) electrons. The van der Waals surface area contributed by atoms with Crippen LogP contribution >= 0.6 is 23.4 Å². The van der Waals surface area contributed by atoms with Gasteiger partial charge in [0.05, 0.1) is 48.1 Å². The van der Waals surface area contributed by atoms with Crippen LogP contribution in [0.15, 0.2) is 28.4 Å². The van der Waals surface area contributed by atoms with Crippen LogP contribution in [-0.2, 0) is 11.3 Å². The summed E-state index contributed by atoms with van der Waals surface area (Å²) in [6.07, 6.45) is 10.0. The Labute approximate surface area is 221 Å². The summed E-state index contributed by atoms with van der Waals surface area (Å²) < 4.78 is 5.86. The van der Waals surface area contributed by atoms with Crippen molar-refractivity contribution in [2.24, 2.45) is 10.8 Å². The lowest BCUT2D eigenvalue weighted by molar-refractivity contribution is 0.0975. The van der Waals surface area contributed by atoms with E-state index < -0.39 is 0 Å². The number of hydrogen-bond acceptors (Lipinski definition) is 9. The summed E-state index contributed by atoms with van der Waals surface area (Å²) in [6.45, 7) is 5.49. The van der Waals surface area contributed by atoms with Gasteiger partial charge in [0.2, 0.25) is 0 Å². The number of aliphatic hydroxyl groups is 1. The maximum atomic E-state index is 10.1. The minimum Gasteiger partial charge on any atom is -0.390 e. The molecule has 4 aliphatic rings. The van der Waals surface area contributed by atoms with E-state index in [1.807, 2.05) is 6.07 Å². The first-order valence-electron chi connectivity index (χ1n) is 12.8. The molecule has 0 amide bonds. The summed E-state index contributed by atoms with van der Waals surface area (Å²) in [5.41, 5.74) is 0.640. The van der Waals surface area contributed by atoms with Crippen molar-refractivity contribution in [1.29, 1.82) is 5.26 Å². The molecule has 8 nitrogen and oxygen atoms in total. The maximum Gasteiger partial charge on any atom is 0.152 e. The number of aromatic nitrogens is 3. The molecule has 1 N–H and O–H groups in total. The summed E-state index contributed by atoms with van der Waals surface area (Å²) in [4.78, 5) is 19.3. The van der Waals surface area contributed by atoms with E-state index in [4.69, 9.17) is 26.3 Å². The van der Waals surface area contributed by atoms with E-state index in [1.165, 1.54) is 11.8 Å². The Hall–Kier alpha value is -2.12. The topological polar surface area (TPSA) is 98.4 Å². The van der Waals surface area contributed by atoms with Crippen molar-refractivity contribution >= 4 is 35.0 Å². The molecule has 2 aromatic rings. The lowest BCUT2D eigenvalue weighted by Crippen LogP contribution is -2.53. The van der Waals surface area contributed by atoms with Gasteiger partial charge in [0, 0.05) is 30.7 Å². The van der Waals surface area contributed by atoms with Crippen LogP contribution in [0.25, 0.3) is 0 Å². The molecule has 36 heavy (non-hydrogen) atoms. The Balaban J connectivity index is 1.17. The van der Waals surface area contributed by atoms with Gasteiger partial charge in [-0.25, -0.2) is 15.0 Å². The number of nitrogens with zero attached hydrogens (tertiary/aromatic N) is 6. The molecule has 0 bridgehead atoms. The fourth-order valence-corrected chi connectivity index (χ4v) is 7.22. The average molecular weight is 527 g/mol. The van der Waals surface area contributed by atoms with Gasteiger partial charge in [-0.2, -0.15) is 5.26 Å². The highest BCUT2D eigenvalue weighted by Gasteiger charge is 2.56. The summed E-state index contributed by atoms with van der Waals surface area (Å²) in [5.74, 6) is 1.50. The van der Waals surface area contributed by atoms with Crippen molar-refractivity contribution in [1.82, 2.24) is 15.0 Å². The minimum absolute atomic E-state index is 0.167. The van der Waals surface area contributed by atoms with Crippen molar-refractivity contribution in [2.45, 2.75) is 74.1 Å². The molecule has 1 aliphatic carbocycles. The Morgan fingerprint density at radius 1 is 1.22 bits per heavy atom. The SMILES string of the molecule is C[C@H]1CC2(CCN(c3ncc(Sc4ccnc(N5CCC5C5(C#N)CC5)c4Cl)nc3CO)CC2)CO1. The monoisotopic (exact) mass is 526 g/mol. The standard InChI is InChI=1S/C26H31ClN6O2S/c1-17-12-25(16-35-17)6-10-32(11-7-25)23-18(14-34)31-21(13-30-23)36-19-2-8-29-24(22(19)27)33-9-3-20(33)26(15-28)4-5-26/h2,8,13,17,20,34H,3-7,9-12,14,16H2,1H3/t17-,20?/m0/s1. The van der Waals surface area contributed by atoms with E-state index in [1.54, 1.807) is 12.4 Å². The molecular formula is C26H31ClN6O2S. The molecule has 3 saturated heterocycles. The zero-order valence-electron chi connectivity index (χ0n) is 20.5. The molecule has 1 unspecified atom stereocenters. The molecule has 0 aromatic carbocycles. The number of aliphatic hydroxyl groups excluding tert-OH is 1. The zero-order chi connectivity index (χ0) is 24.9. The molecule has 2 atom stereocenters. The molecule has 2 aromatic heterocycles. The predicted molar refractivity (Wildman–Crippen MR) is 138 cm³/mol. The summed E-state index contributed by atoms with van der Waals surface area (Å²) in [5, 5.41) is 21.0. The van der Waals surface area contributed by atoms with Gasteiger partial charge in [0.25, 0.3) is 0 Å². The molecular weight excluding hydrogens is 496 g/mol. The highest BCUT2D eigenvalue weighted by molar-refractivity contribution is 7.99. The molecule has 4 fully saturated rings. The smallest absolute Gasteiger partial charge is 0.152 e. The average Bonchev–Trinajstić information content (AvgIpc) is 3.57. The molecule has 5 heterocycles. The van der Waals surface area contributed by atoms with Crippen LogP contribution in [-0.4, -0.2) is 58.4 Å². The van der Waals surface area contributed by atoms with Crippen molar-refractivity contribution in [3.05, 3.63) is 29.2 Å². The third kappa shape index (κ3) is 4.22. The number of anilines is 2. The number of piperidine rings is 1. The Morgan fingerprint density at radius 2 is 2.03 bits per heavy atom. The van der Waals surface area contributed by atoms with Gasteiger partial charge in [-0.15, -0.1) is 0 Å². The molecule has 1 spiro atoms. The van der Waals surface area contributed by atoms with Crippen LogP contribution in [0.5, 0.6) is 0 Å². The summed E-state index contributed by atoms with van der Waals surface area (Å²) in [7, 11) is 0. The highest BCUT2D eigenvalue weighted by atomic mass is 35.5. The fourth-order valence-electron chi connectivity index (χ4n) is 6.09. The molecule has 1 saturated carbocycles. The number of nitriles is 1. The largest absolute Gasteiger partial charge is 0.390 e. The van der Waals surface area contributed by atoms with Crippen molar-refractivity contribution in [2.75, 3.05) is 36.0 Å². The van der Waals surface area contributed by atoms with Crippen LogP contribution in [0.2, 0.25) is 5.02 Å². The Kier molecular flexibility index (Phi) is 6.27. The number of halogens is 1. The van der Waals surface area contributed by atoms with Crippen LogP contribution in [0.4, 0.5) is 11.6 Å². The predicted octanol–water partition coefficient (Wildman–Crippen LogP) is 4.45. The van der Waals surface area contributed by atoms with E-state index in [9.17, 15) is 10.4 Å². The fraction of sp³-hybridized carbons (Fsp3) is 0.615. The zero-order valence-corrected chi connectivity index (χ0v) is 22.1. The second kappa shape index (κ2) is 9.32. The van der Waals surface area contributed by atoms with E-state index in [-0.39, 0.29) is 23.5 Å². The lowest BCUT2D eigenvalue weighted by Gasteiger charge is -2.45. The second-order valence-electron chi connectivity index (χ2n) is 10.8. The molecule has 6 rings (SSSR count). The number of ether oxygens (including phenoxy) is 1. The van der Waals surface area contributed by atoms with Crippen molar-refractivity contribution < 1.29 is 9.84 Å². The maximum absolute atomic E-state index is 10.1. The summed E-state index contributed by atoms with van der Waals surface area (Å²) in [6, 6.07) is 4.59. The van der Waals surface area contributed by atoms with Crippen LogP contribution in [0.1, 0.15) is 51.1 Å². The van der Waals surface area contributed by atoms with Crippen molar-refractivity contribution in [3.8, 4) is 6.07 Å². The minimum atomic E-state index is -0.235. The molecule has 190 valence electrons. The van der Waals surface area contributed by atoms with E-state index in [0.717, 1.165) is 81.3 Å². The van der Waals surface area contributed by atoms with E-state index in [0.29, 0.717) is 21.8 Å². The van der Waals surface area contributed by atoms with Gasteiger partial charge in [-0.1, -0.05) is 23.4 Å². The van der Waals surface area contributed by atoms with Crippen LogP contribution in [0, 0.1) is 22.2 Å². The van der Waals surface area contributed by atoms with Crippen LogP contribution in [0.3, 0.4) is 0 Å². The Bertz CT molecular complexity index is 1190. The van der Waals surface area contributed by atoms with Gasteiger partial charge in [0.1, 0.15) is 16.5 Å². The highest BCUT2D eigenvalue weighted by Crippen LogP contribution is 2.55. The van der Waals surface area contributed by atoms with Gasteiger partial charge < -0.3 is 19.6 Å². The quantitative estimate of drug-likeness (QED) is 0.585. The first kappa shape index (κ1) is 24.2. The summed E-state index contributed by atoms with van der Waals surface area (Å²) >= 11 is 8.24. The number of hydrogen-bond donors (Lipinski definition) is 1. The lowest BCUT2D eigenvalue weighted by atomic mass is 9.77. The molecule has 10 heteroatoms.